The van der Waals surface area contributed by atoms with Crippen LogP contribution in [0.1, 0.15) is 18.3 Å². The van der Waals surface area contributed by atoms with Gasteiger partial charge in [-0.15, -0.1) is 12.4 Å². The summed E-state index contributed by atoms with van der Waals surface area (Å²) in [6.07, 6.45) is 0.927. The number of nitrogens with two attached hydrogens (primary N) is 1. The second kappa shape index (κ2) is 7.79. The molecule has 0 fully saturated rings. The Bertz CT molecular complexity index is 819. The van der Waals surface area contributed by atoms with Gasteiger partial charge in [0.2, 0.25) is 0 Å². The van der Waals surface area contributed by atoms with Crippen molar-refractivity contribution in [3.63, 3.8) is 0 Å². The quantitative estimate of drug-likeness (QED) is 0.672. The molecule has 124 valence electrons. The van der Waals surface area contributed by atoms with E-state index in [2.05, 4.69) is 22.2 Å². The Balaban J connectivity index is 0.00000208. The number of nitrogens with zero attached hydrogens (tertiary/aromatic N) is 2. The maximum absolute atomic E-state index is 6.06. The molecule has 4 nitrogen and oxygen atoms in total. The lowest BCUT2D eigenvalue weighted by Crippen LogP contribution is -2.00. The predicted molar refractivity (Wildman–Crippen MR) is 103 cm³/mol. The van der Waals surface area contributed by atoms with Gasteiger partial charge in [-0.1, -0.05) is 43.3 Å². The molecular formula is C19H21ClN4. The van der Waals surface area contributed by atoms with Crippen LogP contribution in [0.3, 0.4) is 0 Å². The number of rotatable bonds is 4. The molecule has 0 bridgehead atoms. The Kier molecular flexibility index (Phi) is 5.77. The van der Waals surface area contributed by atoms with E-state index in [1.165, 1.54) is 0 Å². The largest absolute Gasteiger partial charge is 0.398 e. The maximum Gasteiger partial charge on any atom is 0.134 e. The van der Waals surface area contributed by atoms with Crippen molar-refractivity contribution in [1.82, 2.24) is 9.97 Å². The Morgan fingerprint density at radius 3 is 2.42 bits per heavy atom. The molecule has 0 aliphatic rings. The third-order valence-electron chi connectivity index (χ3n) is 3.71. The fourth-order valence-corrected chi connectivity index (χ4v) is 2.53. The molecule has 0 radical (unpaired) electrons. The van der Waals surface area contributed by atoms with Crippen LogP contribution in [-0.2, 0) is 6.42 Å². The topological polar surface area (TPSA) is 63.8 Å². The van der Waals surface area contributed by atoms with E-state index in [1.807, 2.05) is 61.5 Å². The predicted octanol–water partition coefficient (Wildman–Crippen LogP) is 4.76. The van der Waals surface area contributed by atoms with Gasteiger partial charge in [0.1, 0.15) is 11.6 Å². The van der Waals surface area contributed by atoms with E-state index in [4.69, 9.17) is 5.73 Å². The van der Waals surface area contributed by atoms with Crippen molar-refractivity contribution in [2.45, 2.75) is 20.3 Å². The number of nitrogens with one attached hydrogen (secondary N) is 1. The third-order valence-corrected chi connectivity index (χ3v) is 3.71. The molecule has 5 heteroatoms. The molecule has 3 rings (SSSR count). The molecule has 0 unspecified atom stereocenters. The van der Waals surface area contributed by atoms with Crippen LogP contribution >= 0.6 is 12.4 Å². The molecule has 0 amide bonds. The van der Waals surface area contributed by atoms with E-state index in [-0.39, 0.29) is 12.4 Å². The highest BCUT2D eigenvalue weighted by Crippen LogP contribution is 2.24. The van der Waals surface area contributed by atoms with Gasteiger partial charge in [0.05, 0.1) is 5.69 Å². The Morgan fingerprint density at radius 1 is 1.00 bits per heavy atom. The van der Waals surface area contributed by atoms with Crippen molar-refractivity contribution in [3.8, 4) is 11.3 Å². The average molecular weight is 341 g/mol. The molecule has 24 heavy (non-hydrogen) atoms. The standard InChI is InChI=1S/C19H20N4.ClH/c1-3-14-9-10-16(11-17(14)20)23-19-12-18(21-13(2)22-19)15-7-5-4-6-8-15;/h4-12H,3,20H2,1-2H3,(H,21,22,23);1H. The molecule has 1 heterocycles. The zero-order chi connectivity index (χ0) is 16.2. The summed E-state index contributed by atoms with van der Waals surface area (Å²) >= 11 is 0. The summed E-state index contributed by atoms with van der Waals surface area (Å²) < 4.78 is 0. The summed E-state index contributed by atoms with van der Waals surface area (Å²) in [6.45, 7) is 3.99. The van der Waals surface area contributed by atoms with E-state index in [0.717, 1.165) is 46.3 Å². The Labute approximate surface area is 148 Å². The molecule has 0 aliphatic heterocycles. The summed E-state index contributed by atoms with van der Waals surface area (Å²) in [4.78, 5) is 8.98. The van der Waals surface area contributed by atoms with Gasteiger partial charge >= 0.3 is 0 Å². The Hall–Kier alpha value is -2.59. The van der Waals surface area contributed by atoms with Crippen LogP contribution in [0.5, 0.6) is 0 Å². The van der Waals surface area contributed by atoms with E-state index in [0.29, 0.717) is 0 Å². The number of hydrogen-bond acceptors (Lipinski definition) is 4. The summed E-state index contributed by atoms with van der Waals surface area (Å²) in [7, 11) is 0. The minimum absolute atomic E-state index is 0. The molecule has 3 aromatic rings. The van der Waals surface area contributed by atoms with Crippen LogP contribution in [0.25, 0.3) is 11.3 Å². The zero-order valence-electron chi connectivity index (χ0n) is 13.8. The minimum atomic E-state index is 0. The number of anilines is 3. The van der Waals surface area contributed by atoms with Crippen LogP contribution < -0.4 is 11.1 Å². The average Bonchev–Trinajstić information content (AvgIpc) is 2.55. The molecular weight excluding hydrogens is 320 g/mol. The first-order chi connectivity index (χ1) is 11.2. The summed E-state index contributed by atoms with van der Waals surface area (Å²) in [5, 5.41) is 3.32. The monoisotopic (exact) mass is 340 g/mol. The lowest BCUT2D eigenvalue weighted by Gasteiger charge is -2.11. The molecule has 0 aliphatic carbocycles. The van der Waals surface area contributed by atoms with Crippen molar-refractivity contribution in [1.29, 1.82) is 0 Å². The number of aromatic nitrogens is 2. The van der Waals surface area contributed by atoms with Gasteiger partial charge in [-0.05, 0) is 31.0 Å². The van der Waals surface area contributed by atoms with Gasteiger partial charge in [-0.25, -0.2) is 9.97 Å². The van der Waals surface area contributed by atoms with Crippen LogP contribution in [-0.4, -0.2) is 9.97 Å². The van der Waals surface area contributed by atoms with E-state index in [1.54, 1.807) is 0 Å². The van der Waals surface area contributed by atoms with Gasteiger partial charge < -0.3 is 11.1 Å². The highest BCUT2D eigenvalue weighted by Gasteiger charge is 2.06. The molecule has 3 N–H and O–H groups in total. The molecule has 0 saturated heterocycles. The SMILES string of the molecule is CCc1ccc(Nc2cc(-c3ccccc3)nc(C)n2)cc1N.Cl. The van der Waals surface area contributed by atoms with E-state index < -0.39 is 0 Å². The van der Waals surface area contributed by atoms with Gasteiger partial charge in [-0.2, -0.15) is 0 Å². The molecule has 0 atom stereocenters. The van der Waals surface area contributed by atoms with E-state index >= 15 is 0 Å². The second-order valence-corrected chi connectivity index (χ2v) is 5.44. The normalized spacial score (nSPS) is 10.1. The fraction of sp³-hybridized carbons (Fsp3) is 0.158. The first-order valence-electron chi connectivity index (χ1n) is 7.72. The summed E-state index contributed by atoms with van der Waals surface area (Å²) in [5.74, 6) is 1.49. The van der Waals surface area contributed by atoms with Crippen molar-refractivity contribution in [2.75, 3.05) is 11.1 Å². The van der Waals surface area contributed by atoms with Gasteiger partial charge in [-0.3, -0.25) is 0 Å². The maximum atomic E-state index is 6.06. The van der Waals surface area contributed by atoms with Crippen LogP contribution in [0.4, 0.5) is 17.2 Å². The van der Waals surface area contributed by atoms with Crippen molar-refractivity contribution in [2.24, 2.45) is 0 Å². The molecule has 1 aromatic heterocycles. The van der Waals surface area contributed by atoms with Crippen molar-refractivity contribution < 1.29 is 0 Å². The minimum Gasteiger partial charge on any atom is -0.398 e. The molecule has 2 aromatic carbocycles. The lowest BCUT2D eigenvalue weighted by molar-refractivity contribution is 1.06. The third kappa shape index (κ3) is 4.03. The first-order valence-corrected chi connectivity index (χ1v) is 7.72. The molecule has 0 saturated carbocycles. The van der Waals surface area contributed by atoms with Gasteiger partial charge in [0, 0.05) is 23.0 Å². The highest BCUT2D eigenvalue weighted by atomic mass is 35.5. The lowest BCUT2D eigenvalue weighted by atomic mass is 10.1. The first kappa shape index (κ1) is 17.8. The highest BCUT2D eigenvalue weighted by molar-refractivity contribution is 5.85. The van der Waals surface area contributed by atoms with Crippen molar-refractivity contribution >= 4 is 29.6 Å². The van der Waals surface area contributed by atoms with Crippen molar-refractivity contribution in [3.05, 3.63) is 66.0 Å². The van der Waals surface area contributed by atoms with Gasteiger partial charge in [0.25, 0.3) is 0 Å². The van der Waals surface area contributed by atoms with E-state index in [9.17, 15) is 0 Å². The fourth-order valence-electron chi connectivity index (χ4n) is 2.53. The second-order valence-electron chi connectivity index (χ2n) is 5.44. The number of halogens is 1. The number of hydrogen-bond donors (Lipinski definition) is 2. The number of nitrogen functional groups attached to an aromatic ring is 1. The number of benzene rings is 2. The van der Waals surface area contributed by atoms with Crippen LogP contribution in [0, 0.1) is 6.92 Å². The van der Waals surface area contributed by atoms with Gasteiger partial charge in [0.15, 0.2) is 0 Å². The molecule has 0 spiro atoms. The number of aryl methyl sites for hydroxylation is 2. The van der Waals surface area contributed by atoms with Crippen LogP contribution in [0.2, 0.25) is 0 Å². The summed E-state index contributed by atoms with van der Waals surface area (Å²) in [5.41, 5.74) is 10.9. The summed E-state index contributed by atoms with van der Waals surface area (Å²) in [6, 6.07) is 18.0. The van der Waals surface area contributed by atoms with Crippen LogP contribution in [0.15, 0.2) is 54.6 Å². The Morgan fingerprint density at radius 2 is 1.75 bits per heavy atom. The smallest absolute Gasteiger partial charge is 0.134 e. The zero-order valence-corrected chi connectivity index (χ0v) is 14.6.